The predicted octanol–water partition coefficient (Wildman–Crippen LogP) is 2.04. The summed E-state index contributed by atoms with van der Waals surface area (Å²) in [6.45, 7) is 0.0918. The van der Waals surface area contributed by atoms with Gasteiger partial charge in [-0.3, -0.25) is 4.98 Å². The molecule has 1 saturated carbocycles. The minimum absolute atomic E-state index is 0.0918. The van der Waals surface area contributed by atoms with Crippen molar-refractivity contribution in [3.8, 4) is 6.07 Å². The van der Waals surface area contributed by atoms with Crippen molar-refractivity contribution in [3.63, 3.8) is 0 Å². The van der Waals surface area contributed by atoms with Crippen LogP contribution in [0, 0.1) is 11.3 Å². The van der Waals surface area contributed by atoms with E-state index in [4.69, 9.17) is 0 Å². The van der Waals surface area contributed by atoms with Crippen LogP contribution in [0.5, 0.6) is 0 Å². The van der Waals surface area contributed by atoms with Gasteiger partial charge in [-0.2, -0.15) is 5.26 Å². The van der Waals surface area contributed by atoms with Gasteiger partial charge >= 0.3 is 0 Å². The fraction of sp³-hybridized carbons (Fsp3) is 0.286. The second kappa shape index (κ2) is 3.97. The van der Waals surface area contributed by atoms with Crippen LogP contribution in [-0.4, -0.2) is 22.2 Å². The largest absolute Gasteiger partial charge is 0.394 e. The number of nitriles is 1. The van der Waals surface area contributed by atoms with Crippen LogP contribution in [0.1, 0.15) is 18.4 Å². The van der Waals surface area contributed by atoms with Crippen molar-refractivity contribution in [2.45, 2.75) is 18.4 Å². The topological polar surface area (TPSA) is 68.9 Å². The van der Waals surface area contributed by atoms with E-state index in [2.05, 4.69) is 16.4 Å². The lowest BCUT2D eigenvalue weighted by atomic mass is 10.1. The summed E-state index contributed by atoms with van der Waals surface area (Å²) in [5, 5.41) is 22.8. The summed E-state index contributed by atoms with van der Waals surface area (Å²) in [4.78, 5) is 4.26. The maximum atomic E-state index is 9.39. The van der Waals surface area contributed by atoms with Crippen molar-refractivity contribution in [1.82, 2.24) is 4.98 Å². The summed E-state index contributed by atoms with van der Waals surface area (Å²) in [7, 11) is 0. The second-order valence-corrected chi connectivity index (χ2v) is 4.74. The number of aliphatic hydroxyl groups excluding tert-OH is 1. The zero-order valence-corrected chi connectivity index (χ0v) is 9.85. The van der Waals surface area contributed by atoms with Crippen LogP contribution in [0.2, 0.25) is 0 Å². The number of rotatable bonds is 3. The minimum atomic E-state index is -0.240. The van der Waals surface area contributed by atoms with Crippen LogP contribution < -0.4 is 5.32 Å². The van der Waals surface area contributed by atoms with E-state index >= 15 is 0 Å². The third kappa shape index (κ3) is 1.69. The molecular weight excluding hydrogens is 226 g/mol. The molecule has 0 atom stereocenters. The van der Waals surface area contributed by atoms with Gasteiger partial charge in [-0.25, -0.2) is 0 Å². The Kier molecular flexibility index (Phi) is 2.42. The zero-order chi connectivity index (χ0) is 12.6. The number of nitrogens with zero attached hydrogens (tertiary/aromatic N) is 2. The smallest absolute Gasteiger partial charge is 0.103 e. The Morgan fingerprint density at radius 3 is 2.83 bits per heavy atom. The molecule has 3 rings (SSSR count). The summed E-state index contributed by atoms with van der Waals surface area (Å²) >= 11 is 0. The molecule has 1 heterocycles. The summed E-state index contributed by atoms with van der Waals surface area (Å²) in [5.74, 6) is 0. The molecule has 1 aromatic carbocycles. The first kappa shape index (κ1) is 11.0. The van der Waals surface area contributed by atoms with Crippen molar-refractivity contribution >= 4 is 16.6 Å². The molecule has 1 aliphatic carbocycles. The van der Waals surface area contributed by atoms with Crippen molar-refractivity contribution in [3.05, 3.63) is 36.0 Å². The highest BCUT2D eigenvalue weighted by Gasteiger charge is 2.42. The predicted molar refractivity (Wildman–Crippen MR) is 69.1 cm³/mol. The number of aliphatic hydroxyl groups is 1. The van der Waals surface area contributed by atoms with Gasteiger partial charge in [-0.1, -0.05) is 18.2 Å². The van der Waals surface area contributed by atoms with Crippen molar-refractivity contribution in [2.24, 2.45) is 0 Å². The Labute approximate surface area is 105 Å². The molecule has 1 aliphatic rings. The Balaban J connectivity index is 2.15. The number of fused-ring (bicyclic) bond motifs is 1. The third-order valence-corrected chi connectivity index (χ3v) is 3.44. The van der Waals surface area contributed by atoms with Gasteiger partial charge in [0.1, 0.15) is 6.07 Å². The van der Waals surface area contributed by atoms with Gasteiger partial charge in [0, 0.05) is 11.6 Å². The number of aromatic nitrogens is 1. The monoisotopic (exact) mass is 239 g/mol. The van der Waals surface area contributed by atoms with E-state index in [1.807, 2.05) is 24.3 Å². The van der Waals surface area contributed by atoms with E-state index in [0.29, 0.717) is 5.56 Å². The highest BCUT2D eigenvalue weighted by atomic mass is 16.3. The summed E-state index contributed by atoms with van der Waals surface area (Å²) in [5.41, 5.74) is 1.92. The molecule has 18 heavy (non-hydrogen) atoms. The lowest BCUT2D eigenvalue weighted by Gasteiger charge is -2.18. The van der Waals surface area contributed by atoms with Gasteiger partial charge in [-0.05, 0) is 18.9 Å². The van der Waals surface area contributed by atoms with Crippen molar-refractivity contribution < 1.29 is 5.11 Å². The van der Waals surface area contributed by atoms with Gasteiger partial charge in [0.2, 0.25) is 0 Å². The van der Waals surface area contributed by atoms with E-state index in [-0.39, 0.29) is 12.1 Å². The van der Waals surface area contributed by atoms with Gasteiger partial charge < -0.3 is 10.4 Å². The molecule has 2 N–H and O–H groups in total. The summed E-state index contributed by atoms with van der Waals surface area (Å²) in [6, 6.07) is 9.86. The van der Waals surface area contributed by atoms with Crippen LogP contribution >= 0.6 is 0 Å². The molecule has 0 aliphatic heterocycles. The highest BCUT2D eigenvalue weighted by Crippen LogP contribution is 2.40. The van der Waals surface area contributed by atoms with Crippen LogP contribution in [0.25, 0.3) is 10.9 Å². The number of anilines is 1. The fourth-order valence-corrected chi connectivity index (χ4v) is 2.10. The maximum absolute atomic E-state index is 9.39. The van der Waals surface area contributed by atoms with Crippen molar-refractivity contribution in [1.29, 1.82) is 5.26 Å². The molecule has 0 amide bonds. The number of hydrogen-bond donors (Lipinski definition) is 2. The first-order chi connectivity index (χ1) is 8.78. The quantitative estimate of drug-likeness (QED) is 0.860. The molecule has 90 valence electrons. The van der Waals surface area contributed by atoms with Crippen LogP contribution in [-0.2, 0) is 0 Å². The lowest BCUT2D eigenvalue weighted by Crippen LogP contribution is -2.26. The van der Waals surface area contributed by atoms with E-state index in [9.17, 15) is 10.4 Å². The minimum Gasteiger partial charge on any atom is -0.394 e. The molecule has 0 spiro atoms. The van der Waals surface area contributed by atoms with Crippen LogP contribution in [0.4, 0.5) is 5.69 Å². The van der Waals surface area contributed by atoms with Gasteiger partial charge in [0.25, 0.3) is 0 Å². The Bertz CT molecular complexity index is 641. The third-order valence-electron chi connectivity index (χ3n) is 3.44. The molecule has 0 radical (unpaired) electrons. The molecule has 4 heteroatoms. The molecule has 1 aromatic heterocycles. The Morgan fingerprint density at radius 1 is 1.39 bits per heavy atom. The summed E-state index contributed by atoms with van der Waals surface area (Å²) in [6.07, 6.45) is 3.45. The lowest BCUT2D eigenvalue weighted by molar-refractivity contribution is 0.266. The molecule has 1 fully saturated rings. The van der Waals surface area contributed by atoms with E-state index < -0.39 is 0 Å². The molecule has 4 nitrogen and oxygen atoms in total. The number of nitrogens with one attached hydrogen (secondary N) is 1. The SMILES string of the molecule is N#Cc1cnc2ccccc2c1NC1(CO)CC1. The molecule has 2 aromatic rings. The Hall–Kier alpha value is -2.12. The number of pyridine rings is 1. The van der Waals surface area contributed by atoms with Crippen molar-refractivity contribution in [2.75, 3.05) is 11.9 Å². The number of benzene rings is 1. The van der Waals surface area contributed by atoms with Gasteiger partial charge in [0.05, 0.1) is 28.9 Å². The summed E-state index contributed by atoms with van der Waals surface area (Å²) < 4.78 is 0. The number of para-hydroxylation sites is 1. The maximum Gasteiger partial charge on any atom is 0.103 e. The average Bonchev–Trinajstić information content (AvgIpc) is 3.20. The molecule has 0 saturated heterocycles. The van der Waals surface area contributed by atoms with Gasteiger partial charge in [0.15, 0.2) is 0 Å². The van der Waals surface area contributed by atoms with E-state index in [1.165, 1.54) is 0 Å². The van der Waals surface area contributed by atoms with Gasteiger partial charge in [-0.15, -0.1) is 0 Å². The fourth-order valence-electron chi connectivity index (χ4n) is 2.10. The van der Waals surface area contributed by atoms with Crippen LogP contribution in [0.3, 0.4) is 0 Å². The molecular formula is C14H13N3O. The highest BCUT2D eigenvalue weighted by molar-refractivity contribution is 5.94. The second-order valence-electron chi connectivity index (χ2n) is 4.74. The number of hydrogen-bond acceptors (Lipinski definition) is 4. The Morgan fingerprint density at radius 2 is 2.17 bits per heavy atom. The van der Waals surface area contributed by atoms with Crippen LogP contribution in [0.15, 0.2) is 30.5 Å². The first-order valence-corrected chi connectivity index (χ1v) is 5.95. The molecule has 0 bridgehead atoms. The zero-order valence-electron chi connectivity index (χ0n) is 9.85. The van der Waals surface area contributed by atoms with E-state index in [0.717, 1.165) is 29.4 Å². The standard InChI is InChI=1S/C14H13N3O/c15-7-10-8-16-12-4-2-1-3-11(12)13(10)17-14(9-18)5-6-14/h1-4,8,18H,5-6,9H2,(H,16,17). The average molecular weight is 239 g/mol. The normalized spacial score (nSPS) is 16.2. The first-order valence-electron chi connectivity index (χ1n) is 5.95. The molecule has 0 unspecified atom stereocenters. The van der Waals surface area contributed by atoms with E-state index in [1.54, 1.807) is 6.20 Å².